The minimum atomic E-state index is -0.326. The smallest absolute Gasteiger partial charge is 0.229 e. The Balaban J connectivity index is 2.56. The van der Waals surface area contributed by atoms with Crippen LogP contribution < -0.4 is 4.90 Å². The summed E-state index contributed by atoms with van der Waals surface area (Å²) in [5.74, 6) is 0.473. The quantitative estimate of drug-likeness (QED) is 0.838. The van der Waals surface area contributed by atoms with Gasteiger partial charge in [0.2, 0.25) is 11.2 Å². The van der Waals surface area contributed by atoms with Gasteiger partial charge in [-0.15, -0.1) is 0 Å². The summed E-state index contributed by atoms with van der Waals surface area (Å²) in [7, 11) is 3.60. The van der Waals surface area contributed by atoms with Gasteiger partial charge in [0.1, 0.15) is 5.82 Å². The third-order valence-electron chi connectivity index (χ3n) is 2.30. The molecule has 0 radical (unpaired) electrons. The number of hydrogen-bond donors (Lipinski definition) is 0. The van der Waals surface area contributed by atoms with E-state index in [0.717, 1.165) is 5.56 Å². The second-order valence-electron chi connectivity index (χ2n) is 4.14. The first-order valence-corrected chi connectivity index (χ1v) is 5.70. The van der Waals surface area contributed by atoms with Crippen LogP contribution in [-0.2, 0) is 0 Å². The van der Waals surface area contributed by atoms with Crippen LogP contribution in [0.2, 0.25) is 5.28 Å². The molecule has 6 heteroatoms. The van der Waals surface area contributed by atoms with Crippen LogP contribution in [0.4, 0.5) is 10.3 Å². The Morgan fingerprint density at radius 2 is 1.83 bits per heavy atom. The minimum Gasteiger partial charge on any atom is -0.347 e. The van der Waals surface area contributed by atoms with E-state index in [1.807, 2.05) is 6.92 Å². The fourth-order valence-electron chi connectivity index (χ4n) is 1.53. The highest BCUT2D eigenvalue weighted by atomic mass is 35.5. The molecule has 94 valence electrons. The predicted octanol–water partition coefficient (Wildman–Crippen LogP) is 2.71. The molecule has 1 aromatic heterocycles. The third-order valence-corrected chi connectivity index (χ3v) is 2.47. The molecule has 2 rings (SSSR count). The zero-order chi connectivity index (χ0) is 13.3. The molecule has 0 bridgehead atoms. The van der Waals surface area contributed by atoms with Crippen molar-refractivity contribution >= 4 is 17.5 Å². The number of rotatable bonds is 2. The fourth-order valence-corrected chi connectivity index (χ4v) is 1.69. The van der Waals surface area contributed by atoms with E-state index in [9.17, 15) is 4.39 Å². The molecule has 2 aromatic rings. The molecule has 1 heterocycles. The lowest BCUT2D eigenvalue weighted by molar-refractivity contribution is 0.627. The first-order chi connectivity index (χ1) is 8.45. The molecule has 0 saturated heterocycles. The van der Waals surface area contributed by atoms with Crippen molar-refractivity contribution in [2.75, 3.05) is 19.0 Å². The number of nitrogens with zero attached hydrogens (tertiary/aromatic N) is 4. The highest BCUT2D eigenvalue weighted by molar-refractivity contribution is 6.28. The summed E-state index contributed by atoms with van der Waals surface area (Å²) < 4.78 is 13.4. The molecule has 0 fully saturated rings. The van der Waals surface area contributed by atoms with Gasteiger partial charge in [0, 0.05) is 19.7 Å². The van der Waals surface area contributed by atoms with Crippen LogP contribution in [0, 0.1) is 12.7 Å². The van der Waals surface area contributed by atoms with Gasteiger partial charge < -0.3 is 4.90 Å². The van der Waals surface area contributed by atoms with Crippen LogP contribution in [0.1, 0.15) is 5.56 Å². The molecule has 1 aromatic carbocycles. The number of hydrogen-bond acceptors (Lipinski definition) is 4. The van der Waals surface area contributed by atoms with Gasteiger partial charge in [-0.25, -0.2) is 4.39 Å². The molecule has 0 saturated carbocycles. The first-order valence-electron chi connectivity index (χ1n) is 5.32. The van der Waals surface area contributed by atoms with Crippen LogP contribution in [0.3, 0.4) is 0 Å². The molecule has 0 aliphatic carbocycles. The van der Waals surface area contributed by atoms with Crippen LogP contribution >= 0.6 is 11.6 Å². The monoisotopic (exact) mass is 266 g/mol. The number of benzene rings is 1. The lowest BCUT2D eigenvalue weighted by atomic mass is 10.1. The Hall–Kier alpha value is -1.75. The van der Waals surface area contributed by atoms with Crippen LogP contribution in [0.5, 0.6) is 0 Å². The number of anilines is 1. The molecule has 0 N–H and O–H groups in total. The van der Waals surface area contributed by atoms with Gasteiger partial charge in [-0.05, 0) is 42.3 Å². The maximum atomic E-state index is 13.4. The molecule has 0 spiro atoms. The first kappa shape index (κ1) is 12.7. The van der Waals surface area contributed by atoms with Crippen molar-refractivity contribution < 1.29 is 4.39 Å². The molecule has 0 amide bonds. The van der Waals surface area contributed by atoms with Crippen molar-refractivity contribution in [2.24, 2.45) is 0 Å². The van der Waals surface area contributed by atoms with Gasteiger partial charge in [-0.1, -0.05) is 0 Å². The lowest BCUT2D eigenvalue weighted by Gasteiger charge is -2.11. The van der Waals surface area contributed by atoms with E-state index in [2.05, 4.69) is 15.0 Å². The minimum absolute atomic E-state index is 0.0885. The molecule has 0 atom stereocenters. The molecular formula is C12H12ClFN4. The third kappa shape index (κ3) is 2.73. The van der Waals surface area contributed by atoms with Crippen LogP contribution in [-0.4, -0.2) is 29.0 Å². The van der Waals surface area contributed by atoms with Gasteiger partial charge >= 0.3 is 0 Å². The number of aromatic nitrogens is 3. The normalized spacial score (nSPS) is 10.5. The molecule has 0 aliphatic rings. The Morgan fingerprint density at radius 3 is 2.44 bits per heavy atom. The van der Waals surface area contributed by atoms with Crippen molar-refractivity contribution in [3.8, 4) is 11.4 Å². The van der Waals surface area contributed by atoms with Crippen LogP contribution in [0.15, 0.2) is 18.2 Å². The second kappa shape index (κ2) is 4.86. The number of aryl methyl sites for hydroxylation is 1. The average Bonchev–Trinajstić information content (AvgIpc) is 2.26. The fraction of sp³-hybridized carbons (Fsp3) is 0.250. The van der Waals surface area contributed by atoms with E-state index < -0.39 is 0 Å². The summed E-state index contributed by atoms with van der Waals surface area (Å²) in [5.41, 5.74) is 1.38. The summed E-state index contributed by atoms with van der Waals surface area (Å²) in [5, 5.41) is 0.0885. The zero-order valence-corrected chi connectivity index (χ0v) is 11.0. The summed E-state index contributed by atoms with van der Waals surface area (Å²) in [6.45, 7) is 1.81. The largest absolute Gasteiger partial charge is 0.347 e. The standard InChI is InChI=1S/C12H12ClFN4/c1-7-4-8(6-9(14)5-7)10-15-11(13)17-12(16-10)18(2)3/h4-6H,1-3H3. The SMILES string of the molecule is Cc1cc(F)cc(-c2nc(Cl)nc(N(C)C)n2)c1. The number of halogens is 2. The Morgan fingerprint density at radius 1 is 1.11 bits per heavy atom. The van der Waals surface area contributed by atoms with E-state index >= 15 is 0 Å². The Labute approximate surface area is 109 Å². The lowest BCUT2D eigenvalue weighted by Crippen LogP contribution is -2.14. The van der Waals surface area contributed by atoms with E-state index in [1.165, 1.54) is 12.1 Å². The molecular weight excluding hydrogens is 255 g/mol. The van der Waals surface area contributed by atoms with E-state index in [0.29, 0.717) is 17.3 Å². The van der Waals surface area contributed by atoms with E-state index in [1.54, 1.807) is 25.1 Å². The second-order valence-corrected chi connectivity index (χ2v) is 4.48. The van der Waals surface area contributed by atoms with Crippen molar-refractivity contribution in [1.82, 2.24) is 15.0 Å². The van der Waals surface area contributed by atoms with Crippen LogP contribution in [0.25, 0.3) is 11.4 Å². The van der Waals surface area contributed by atoms with Gasteiger partial charge in [0.25, 0.3) is 0 Å². The van der Waals surface area contributed by atoms with Crippen molar-refractivity contribution in [3.63, 3.8) is 0 Å². The Bertz CT molecular complexity index is 566. The van der Waals surface area contributed by atoms with Crippen molar-refractivity contribution in [2.45, 2.75) is 6.92 Å². The maximum Gasteiger partial charge on any atom is 0.229 e. The highest BCUT2D eigenvalue weighted by Gasteiger charge is 2.10. The predicted molar refractivity (Wildman–Crippen MR) is 69.3 cm³/mol. The summed E-state index contributed by atoms with van der Waals surface area (Å²) in [6, 6.07) is 4.62. The van der Waals surface area contributed by atoms with Crippen molar-refractivity contribution in [3.05, 3.63) is 34.9 Å². The van der Waals surface area contributed by atoms with E-state index in [4.69, 9.17) is 11.6 Å². The van der Waals surface area contributed by atoms with Gasteiger partial charge in [-0.3, -0.25) is 0 Å². The van der Waals surface area contributed by atoms with Gasteiger partial charge in [0.05, 0.1) is 0 Å². The molecule has 4 nitrogen and oxygen atoms in total. The van der Waals surface area contributed by atoms with E-state index in [-0.39, 0.29) is 11.1 Å². The highest BCUT2D eigenvalue weighted by Crippen LogP contribution is 2.21. The summed E-state index contributed by atoms with van der Waals surface area (Å²) in [4.78, 5) is 13.9. The summed E-state index contributed by atoms with van der Waals surface area (Å²) >= 11 is 5.84. The Kier molecular flexibility index (Phi) is 3.43. The summed E-state index contributed by atoms with van der Waals surface area (Å²) in [6.07, 6.45) is 0. The van der Waals surface area contributed by atoms with Crippen molar-refractivity contribution in [1.29, 1.82) is 0 Å². The molecule has 18 heavy (non-hydrogen) atoms. The molecule has 0 aliphatic heterocycles. The van der Waals surface area contributed by atoms with Gasteiger partial charge in [0.15, 0.2) is 5.82 Å². The van der Waals surface area contributed by atoms with Gasteiger partial charge in [-0.2, -0.15) is 15.0 Å². The topological polar surface area (TPSA) is 41.9 Å². The zero-order valence-electron chi connectivity index (χ0n) is 10.3. The molecule has 0 unspecified atom stereocenters. The average molecular weight is 267 g/mol. The maximum absolute atomic E-state index is 13.4.